The van der Waals surface area contributed by atoms with Gasteiger partial charge >= 0.3 is 0 Å². The van der Waals surface area contributed by atoms with Crippen LogP contribution in [0.5, 0.6) is 5.75 Å². The molecule has 1 unspecified atom stereocenters. The predicted molar refractivity (Wildman–Crippen MR) is 109 cm³/mol. The molecule has 1 atom stereocenters. The molecule has 1 aliphatic heterocycles. The number of halogens is 2. The van der Waals surface area contributed by atoms with Gasteiger partial charge in [-0.2, -0.15) is 0 Å². The quantitative estimate of drug-likeness (QED) is 0.504. The van der Waals surface area contributed by atoms with E-state index in [2.05, 4.69) is 11.6 Å². The first-order chi connectivity index (χ1) is 14.2. The molecule has 3 aromatic carbocycles. The molecule has 3 aromatic rings. The summed E-state index contributed by atoms with van der Waals surface area (Å²) >= 11 is 0. The molecular weight excluding hydrogens is 372 g/mol. The van der Waals surface area contributed by atoms with Crippen LogP contribution in [0.4, 0.5) is 8.78 Å². The second-order valence-corrected chi connectivity index (χ2v) is 6.60. The van der Waals surface area contributed by atoms with E-state index in [0.29, 0.717) is 6.61 Å². The van der Waals surface area contributed by atoms with E-state index >= 15 is 0 Å². The molecular formula is C24H19F2NO2. The Morgan fingerprint density at radius 1 is 0.966 bits per heavy atom. The van der Waals surface area contributed by atoms with Crippen LogP contribution in [0.1, 0.15) is 17.2 Å². The number of ether oxygens (including phenoxy) is 2. The third kappa shape index (κ3) is 4.04. The van der Waals surface area contributed by atoms with Gasteiger partial charge in [-0.15, -0.1) is 0 Å². The van der Waals surface area contributed by atoms with Gasteiger partial charge in [0, 0.05) is 0 Å². The van der Waals surface area contributed by atoms with Crippen molar-refractivity contribution in [3.05, 3.63) is 102 Å². The highest BCUT2D eigenvalue weighted by molar-refractivity contribution is 5.95. The van der Waals surface area contributed by atoms with Gasteiger partial charge in [0.15, 0.2) is 0 Å². The maximum Gasteiger partial charge on any atom is 0.222 e. The molecule has 0 spiro atoms. The molecule has 1 aliphatic rings. The molecule has 0 aromatic heterocycles. The van der Waals surface area contributed by atoms with E-state index in [-0.39, 0.29) is 24.1 Å². The van der Waals surface area contributed by atoms with Crippen LogP contribution in [-0.4, -0.2) is 19.1 Å². The van der Waals surface area contributed by atoms with Gasteiger partial charge in [-0.1, -0.05) is 55.1 Å². The highest BCUT2D eigenvalue weighted by atomic mass is 19.1. The number of rotatable bonds is 6. The highest BCUT2D eigenvalue weighted by Crippen LogP contribution is 2.29. The SMILES string of the molecule is C=CCOc1ccc(-c2ccc(C3COC(c4c(F)cccc4F)=N3)cc2)cc1. The Bertz CT molecular complexity index is 1020. The van der Waals surface area contributed by atoms with Crippen LogP contribution in [0.25, 0.3) is 11.1 Å². The van der Waals surface area contributed by atoms with Crippen molar-refractivity contribution in [1.29, 1.82) is 0 Å². The minimum atomic E-state index is -0.680. The molecule has 5 heteroatoms. The standard InChI is InChI=1S/C24H19F2NO2/c1-2-14-28-19-12-10-17(11-13-19)16-6-8-18(9-7-16)22-15-29-24(27-22)23-20(25)4-3-5-21(23)26/h2-13,22H,1,14-15H2. The van der Waals surface area contributed by atoms with Gasteiger partial charge in [0.1, 0.15) is 42.2 Å². The summed E-state index contributed by atoms with van der Waals surface area (Å²) in [4.78, 5) is 4.38. The van der Waals surface area contributed by atoms with Crippen LogP contribution in [0.3, 0.4) is 0 Å². The zero-order valence-electron chi connectivity index (χ0n) is 15.6. The average molecular weight is 391 g/mol. The molecule has 146 valence electrons. The maximum atomic E-state index is 14.0. The Balaban J connectivity index is 1.51. The van der Waals surface area contributed by atoms with Crippen LogP contribution in [0.15, 0.2) is 84.4 Å². The number of hydrogen-bond donors (Lipinski definition) is 0. The van der Waals surface area contributed by atoms with Crippen molar-refractivity contribution in [2.24, 2.45) is 4.99 Å². The van der Waals surface area contributed by atoms with Gasteiger partial charge in [0.2, 0.25) is 5.90 Å². The fourth-order valence-corrected chi connectivity index (χ4v) is 3.18. The summed E-state index contributed by atoms with van der Waals surface area (Å²) in [6, 6.07) is 19.1. The molecule has 0 bridgehead atoms. The minimum Gasteiger partial charge on any atom is -0.490 e. The molecule has 0 saturated carbocycles. The number of nitrogens with zero attached hydrogens (tertiary/aromatic N) is 1. The second kappa shape index (κ2) is 8.27. The Morgan fingerprint density at radius 3 is 2.21 bits per heavy atom. The molecule has 0 N–H and O–H groups in total. The molecule has 0 aliphatic carbocycles. The first kappa shape index (κ1) is 18.9. The van der Waals surface area contributed by atoms with Crippen molar-refractivity contribution in [3.8, 4) is 16.9 Å². The monoisotopic (exact) mass is 391 g/mol. The summed E-state index contributed by atoms with van der Waals surface area (Å²) in [7, 11) is 0. The van der Waals surface area contributed by atoms with Crippen molar-refractivity contribution in [1.82, 2.24) is 0 Å². The summed E-state index contributed by atoms with van der Waals surface area (Å²) in [5, 5.41) is 0. The smallest absolute Gasteiger partial charge is 0.222 e. The summed E-state index contributed by atoms with van der Waals surface area (Å²) in [6.07, 6.45) is 1.70. The lowest BCUT2D eigenvalue weighted by atomic mass is 10.0. The zero-order valence-corrected chi connectivity index (χ0v) is 15.6. The lowest BCUT2D eigenvalue weighted by Gasteiger charge is -2.08. The summed E-state index contributed by atoms with van der Waals surface area (Å²) in [5.74, 6) is -0.569. The van der Waals surface area contributed by atoms with E-state index < -0.39 is 11.6 Å². The van der Waals surface area contributed by atoms with Gasteiger partial charge < -0.3 is 9.47 Å². The van der Waals surface area contributed by atoms with Crippen molar-refractivity contribution in [2.45, 2.75) is 6.04 Å². The van der Waals surface area contributed by atoms with E-state index in [1.807, 2.05) is 48.5 Å². The lowest BCUT2D eigenvalue weighted by Crippen LogP contribution is -2.07. The van der Waals surface area contributed by atoms with Crippen LogP contribution < -0.4 is 4.74 Å². The molecule has 1 heterocycles. The average Bonchev–Trinajstić information content (AvgIpc) is 3.22. The van der Waals surface area contributed by atoms with Gasteiger partial charge in [-0.25, -0.2) is 13.8 Å². The van der Waals surface area contributed by atoms with E-state index in [9.17, 15) is 8.78 Å². The molecule has 3 nitrogen and oxygen atoms in total. The van der Waals surface area contributed by atoms with Crippen molar-refractivity contribution < 1.29 is 18.3 Å². The van der Waals surface area contributed by atoms with Gasteiger partial charge in [-0.05, 0) is 41.0 Å². The molecule has 0 amide bonds. The van der Waals surface area contributed by atoms with Crippen molar-refractivity contribution >= 4 is 5.90 Å². The fourth-order valence-electron chi connectivity index (χ4n) is 3.18. The number of hydrogen-bond acceptors (Lipinski definition) is 3. The van der Waals surface area contributed by atoms with Gasteiger partial charge in [0.25, 0.3) is 0 Å². The predicted octanol–water partition coefficient (Wildman–Crippen LogP) is 5.71. The van der Waals surface area contributed by atoms with E-state index in [1.165, 1.54) is 18.2 Å². The third-order valence-corrected chi connectivity index (χ3v) is 4.68. The summed E-state index contributed by atoms with van der Waals surface area (Å²) in [6.45, 7) is 4.35. The molecule has 0 saturated heterocycles. The van der Waals surface area contributed by atoms with Crippen LogP contribution in [-0.2, 0) is 4.74 Å². The number of aliphatic imine (C=N–C) groups is 1. The minimum absolute atomic E-state index is 0.00443. The largest absolute Gasteiger partial charge is 0.490 e. The Hall–Kier alpha value is -3.47. The van der Waals surface area contributed by atoms with E-state index in [0.717, 1.165) is 22.4 Å². The van der Waals surface area contributed by atoms with E-state index in [4.69, 9.17) is 9.47 Å². The summed E-state index contributed by atoms with van der Waals surface area (Å²) in [5.41, 5.74) is 2.81. The fraction of sp³-hybridized carbons (Fsp3) is 0.125. The van der Waals surface area contributed by atoms with Crippen molar-refractivity contribution in [2.75, 3.05) is 13.2 Å². The lowest BCUT2D eigenvalue weighted by molar-refractivity contribution is 0.317. The Morgan fingerprint density at radius 2 is 1.59 bits per heavy atom. The Kier molecular flexibility index (Phi) is 5.38. The zero-order chi connectivity index (χ0) is 20.2. The van der Waals surface area contributed by atoms with Crippen molar-refractivity contribution in [3.63, 3.8) is 0 Å². The number of benzene rings is 3. The van der Waals surface area contributed by atoms with Crippen LogP contribution in [0.2, 0.25) is 0 Å². The van der Waals surface area contributed by atoms with Gasteiger partial charge in [-0.3, -0.25) is 0 Å². The molecule has 0 radical (unpaired) electrons. The molecule has 29 heavy (non-hydrogen) atoms. The normalized spacial score (nSPS) is 15.5. The molecule has 4 rings (SSSR count). The maximum absolute atomic E-state index is 14.0. The van der Waals surface area contributed by atoms with E-state index in [1.54, 1.807) is 6.08 Å². The van der Waals surface area contributed by atoms with Crippen LogP contribution >= 0.6 is 0 Å². The molecule has 0 fully saturated rings. The van der Waals surface area contributed by atoms with Crippen LogP contribution in [0, 0.1) is 11.6 Å². The first-order valence-electron chi connectivity index (χ1n) is 9.25. The van der Waals surface area contributed by atoms with Gasteiger partial charge in [0.05, 0.1) is 0 Å². The first-order valence-corrected chi connectivity index (χ1v) is 9.25. The summed E-state index contributed by atoms with van der Waals surface area (Å²) < 4.78 is 38.9. The topological polar surface area (TPSA) is 30.8 Å². The third-order valence-electron chi connectivity index (χ3n) is 4.68. The highest BCUT2D eigenvalue weighted by Gasteiger charge is 2.26. The second-order valence-electron chi connectivity index (χ2n) is 6.60. The Labute approximate surface area is 167 Å².